The number of hydrazine groups is 1. The van der Waals surface area contributed by atoms with Crippen molar-refractivity contribution in [1.82, 2.24) is 16.2 Å². The standard InChI is InChI=1S/C21H17N3O5S/c25-19(14-8-9-15-16(11-14)29-12-28-15)23-24-21(27)18(13-5-2-1-3-6-13)22-20(26)17-7-4-10-30-17/h1-11,18H,12H2,(H,22,26)(H,23,25)(H,24,27). The fourth-order valence-electron chi connectivity index (χ4n) is 2.86. The molecule has 1 unspecified atom stereocenters. The zero-order valence-corrected chi connectivity index (χ0v) is 16.4. The van der Waals surface area contributed by atoms with Gasteiger partial charge in [0.25, 0.3) is 17.7 Å². The van der Waals surface area contributed by atoms with Crippen LogP contribution in [-0.4, -0.2) is 24.5 Å². The first-order chi connectivity index (χ1) is 14.6. The second-order valence-corrected chi connectivity index (χ2v) is 7.25. The Labute approximate surface area is 175 Å². The Hall–Kier alpha value is -3.85. The van der Waals surface area contributed by atoms with Gasteiger partial charge in [-0.1, -0.05) is 36.4 Å². The molecule has 1 aromatic heterocycles. The lowest BCUT2D eigenvalue weighted by molar-refractivity contribution is -0.123. The Kier molecular flexibility index (Phi) is 5.62. The van der Waals surface area contributed by atoms with Gasteiger partial charge in [-0.2, -0.15) is 0 Å². The molecule has 0 saturated heterocycles. The Morgan fingerprint density at radius 3 is 2.43 bits per heavy atom. The van der Waals surface area contributed by atoms with Crippen LogP contribution in [0.2, 0.25) is 0 Å². The molecule has 2 aromatic carbocycles. The maximum Gasteiger partial charge on any atom is 0.269 e. The van der Waals surface area contributed by atoms with Crippen LogP contribution >= 0.6 is 11.3 Å². The number of fused-ring (bicyclic) bond motifs is 1. The maximum absolute atomic E-state index is 12.8. The number of hydrogen-bond donors (Lipinski definition) is 3. The third-order valence-corrected chi connectivity index (χ3v) is 5.22. The smallest absolute Gasteiger partial charge is 0.269 e. The zero-order chi connectivity index (χ0) is 20.9. The van der Waals surface area contributed by atoms with Crippen molar-refractivity contribution in [1.29, 1.82) is 0 Å². The quantitative estimate of drug-likeness (QED) is 0.547. The van der Waals surface area contributed by atoms with Gasteiger partial charge in [0.05, 0.1) is 4.88 Å². The van der Waals surface area contributed by atoms with E-state index in [2.05, 4.69) is 16.2 Å². The van der Waals surface area contributed by atoms with E-state index in [1.54, 1.807) is 60.0 Å². The van der Waals surface area contributed by atoms with Gasteiger partial charge >= 0.3 is 0 Å². The van der Waals surface area contributed by atoms with Crippen molar-refractivity contribution in [2.24, 2.45) is 0 Å². The van der Waals surface area contributed by atoms with Crippen molar-refractivity contribution in [3.8, 4) is 11.5 Å². The summed E-state index contributed by atoms with van der Waals surface area (Å²) in [4.78, 5) is 38.1. The molecule has 152 valence electrons. The highest BCUT2D eigenvalue weighted by Gasteiger charge is 2.24. The Bertz CT molecular complexity index is 1070. The summed E-state index contributed by atoms with van der Waals surface area (Å²) in [6, 6.07) is 15.9. The van der Waals surface area contributed by atoms with Crippen LogP contribution in [0.15, 0.2) is 66.0 Å². The number of carbonyl (C=O) groups is 3. The van der Waals surface area contributed by atoms with Gasteiger partial charge in [-0.15, -0.1) is 11.3 Å². The molecule has 1 aliphatic heterocycles. The summed E-state index contributed by atoms with van der Waals surface area (Å²) in [5.74, 6) is -0.482. The number of hydrogen-bond acceptors (Lipinski definition) is 6. The molecule has 8 nitrogen and oxygen atoms in total. The summed E-state index contributed by atoms with van der Waals surface area (Å²) in [5, 5.41) is 4.48. The van der Waals surface area contributed by atoms with Gasteiger partial charge in [0.2, 0.25) is 6.79 Å². The van der Waals surface area contributed by atoms with Crippen molar-refractivity contribution in [2.75, 3.05) is 6.79 Å². The minimum absolute atomic E-state index is 0.0971. The molecule has 1 atom stereocenters. The topological polar surface area (TPSA) is 106 Å². The highest BCUT2D eigenvalue weighted by atomic mass is 32.1. The molecular formula is C21H17N3O5S. The van der Waals surface area contributed by atoms with E-state index >= 15 is 0 Å². The Morgan fingerprint density at radius 2 is 1.67 bits per heavy atom. The Balaban J connectivity index is 1.45. The molecule has 1 aliphatic rings. The van der Waals surface area contributed by atoms with Gasteiger partial charge in [-0.3, -0.25) is 25.2 Å². The van der Waals surface area contributed by atoms with Crippen molar-refractivity contribution < 1.29 is 23.9 Å². The number of thiophene rings is 1. The molecule has 3 amide bonds. The largest absolute Gasteiger partial charge is 0.454 e. The van der Waals surface area contributed by atoms with Gasteiger partial charge < -0.3 is 14.8 Å². The van der Waals surface area contributed by atoms with E-state index < -0.39 is 17.9 Å². The average molecular weight is 423 g/mol. The third-order valence-electron chi connectivity index (χ3n) is 4.35. The van der Waals surface area contributed by atoms with Crippen LogP contribution in [0.5, 0.6) is 11.5 Å². The van der Waals surface area contributed by atoms with Crippen LogP contribution < -0.4 is 25.6 Å². The molecule has 0 aliphatic carbocycles. The summed E-state index contributed by atoms with van der Waals surface area (Å²) < 4.78 is 10.5. The predicted molar refractivity (Wildman–Crippen MR) is 109 cm³/mol. The minimum atomic E-state index is -0.988. The number of benzene rings is 2. The van der Waals surface area contributed by atoms with Crippen molar-refractivity contribution in [3.63, 3.8) is 0 Å². The summed E-state index contributed by atoms with van der Waals surface area (Å²) >= 11 is 1.27. The van der Waals surface area contributed by atoms with E-state index in [0.29, 0.717) is 27.5 Å². The van der Waals surface area contributed by atoms with Crippen LogP contribution in [0.4, 0.5) is 0 Å². The van der Waals surface area contributed by atoms with Gasteiger partial charge in [-0.05, 0) is 35.2 Å². The average Bonchev–Trinajstić information content (AvgIpc) is 3.47. The minimum Gasteiger partial charge on any atom is -0.454 e. The lowest BCUT2D eigenvalue weighted by Crippen LogP contribution is -2.48. The molecule has 0 saturated carbocycles. The van der Waals surface area contributed by atoms with Crippen LogP contribution in [0, 0.1) is 0 Å². The van der Waals surface area contributed by atoms with Crippen LogP contribution in [0.25, 0.3) is 0 Å². The summed E-state index contributed by atoms with van der Waals surface area (Å²) in [5.41, 5.74) is 5.61. The van der Waals surface area contributed by atoms with Crippen molar-refractivity contribution >= 4 is 29.1 Å². The van der Waals surface area contributed by atoms with Gasteiger partial charge in [0.15, 0.2) is 11.5 Å². The number of ether oxygens (including phenoxy) is 2. The monoisotopic (exact) mass is 423 g/mol. The Morgan fingerprint density at radius 1 is 0.867 bits per heavy atom. The van der Waals surface area contributed by atoms with Gasteiger partial charge in [-0.25, -0.2) is 0 Å². The normalized spacial score (nSPS) is 12.7. The van der Waals surface area contributed by atoms with Crippen molar-refractivity contribution in [3.05, 3.63) is 82.0 Å². The molecule has 0 fully saturated rings. The number of rotatable bonds is 5. The SMILES string of the molecule is O=C(NNC(=O)C(NC(=O)c1cccs1)c1ccccc1)c1ccc2c(c1)OCO2. The number of amides is 3. The second-order valence-electron chi connectivity index (χ2n) is 6.31. The van der Waals surface area contributed by atoms with Gasteiger partial charge in [0.1, 0.15) is 6.04 Å². The van der Waals surface area contributed by atoms with E-state index in [0.717, 1.165) is 0 Å². The molecule has 2 heterocycles. The summed E-state index contributed by atoms with van der Waals surface area (Å²) in [6.45, 7) is 0.0971. The molecule has 3 N–H and O–H groups in total. The van der Waals surface area contributed by atoms with E-state index in [9.17, 15) is 14.4 Å². The lowest BCUT2D eigenvalue weighted by Gasteiger charge is -2.19. The third kappa shape index (κ3) is 4.26. The fraction of sp³-hybridized carbons (Fsp3) is 0.0952. The molecule has 4 rings (SSSR count). The number of nitrogens with one attached hydrogen (secondary N) is 3. The molecule has 0 spiro atoms. The lowest BCUT2D eigenvalue weighted by atomic mass is 10.1. The first-order valence-electron chi connectivity index (χ1n) is 9.01. The first kappa shape index (κ1) is 19.5. The molecule has 0 bridgehead atoms. The second kappa shape index (κ2) is 8.66. The first-order valence-corrected chi connectivity index (χ1v) is 9.89. The van der Waals surface area contributed by atoms with E-state index in [4.69, 9.17) is 9.47 Å². The zero-order valence-electron chi connectivity index (χ0n) is 15.6. The van der Waals surface area contributed by atoms with Crippen LogP contribution in [-0.2, 0) is 4.79 Å². The maximum atomic E-state index is 12.8. The van der Waals surface area contributed by atoms with Crippen LogP contribution in [0.1, 0.15) is 31.6 Å². The summed E-state index contributed by atoms with van der Waals surface area (Å²) in [7, 11) is 0. The fourth-order valence-corrected chi connectivity index (χ4v) is 3.48. The molecule has 30 heavy (non-hydrogen) atoms. The van der Waals surface area contributed by atoms with Crippen molar-refractivity contribution in [2.45, 2.75) is 6.04 Å². The highest BCUT2D eigenvalue weighted by Crippen LogP contribution is 2.32. The predicted octanol–water partition coefficient (Wildman–Crippen LogP) is 2.41. The van der Waals surface area contributed by atoms with Gasteiger partial charge in [0, 0.05) is 5.56 Å². The molecule has 3 aromatic rings. The summed E-state index contributed by atoms with van der Waals surface area (Å²) in [6.07, 6.45) is 0. The van der Waals surface area contributed by atoms with E-state index in [1.165, 1.54) is 17.4 Å². The van der Waals surface area contributed by atoms with E-state index in [-0.39, 0.29) is 12.7 Å². The molecular weight excluding hydrogens is 406 g/mol. The van der Waals surface area contributed by atoms with Crippen LogP contribution in [0.3, 0.4) is 0 Å². The number of carbonyl (C=O) groups excluding carboxylic acids is 3. The highest BCUT2D eigenvalue weighted by molar-refractivity contribution is 7.12. The van der Waals surface area contributed by atoms with E-state index in [1.807, 2.05) is 0 Å². The molecule has 0 radical (unpaired) electrons. The molecule has 9 heteroatoms.